The third-order valence-corrected chi connectivity index (χ3v) is 3.47. The fourth-order valence-electron chi connectivity index (χ4n) is 2.48. The third kappa shape index (κ3) is 2.79. The highest BCUT2D eigenvalue weighted by atomic mass is 16.2. The van der Waals surface area contributed by atoms with E-state index in [2.05, 4.69) is 15.6 Å². The van der Waals surface area contributed by atoms with Crippen molar-refractivity contribution in [1.29, 1.82) is 0 Å². The summed E-state index contributed by atoms with van der Waals surface area (Å²) in [5, 5.41) is 5.64. The van der Waals surface area contributed by atoms with Crippen LogP contribution in [0.4, 0.5) is 16.4 Å². The lowest BCUT2D eigenvalue weighted by molar-refractivity contribution is 0.262. The second-order valence-electron chi connectivity index (χ2n) is 5.12. The van der Waals surface area contributed by atoms with Crippen molar-refractivity contribution in [2.45, 2.75) is 20.4 Å². The van der Waals surface area contributed by atoms with Crippen molar-refractivity contribution in [3.63, 3.8) is 0 Å². The number of benzene rings is 2. The van der Waals surface area contributed by atoms with Gasteiger partial charge < -0.3 is 9.88 Å². The lowest BCUT2D eigenvalue weighted by Gasteiger charge is -2.09. The SMILES string of the molecule is CCn1c(NC(=O)Nc2cccc(C)c2)nc2ccccc21. The van der Waals surface area contributed by atoms with Crippen LogP contribution < -0.4 is 10.6 Å². The number of nitrogens with zero attached hydrogens (tertiary/aromatic N) is 2. The summed E-state index contributed by atoms with van der Waals surface area (Å²) in [6.45, 7) is 4.75. The lowest BCUT2D eigenvalue weighted by Crippen LogP contribution is -2.21. The average Bonchev–Trinajstić information content (AvgIpc) is 2.83. The Morgan fingerprint density at radius 2 is 1.95 bits per heavy atom. The summed E-state index contributed by atoms with van der Waals surface area (Å²) in [5.41, 5.74) is 3.74. The standard InChI is InChI=1S/C17H18N4O/c1-3-21-15-10-5-4-9-14(15)19-16(21)20-17(22)18-13-8-6-7-12(2)11-13/h4-11H,3H2,1-2H3,(H2,18,19,20,22). The topological polar surface area (TPSA) is 59.0 Å². The number of urea groups is 1. The van der Waals surface area contributed by atoms with Crippen LogP contribution in [0.5, 0.6) is 0 Å². The first kappa shape index (κ1) is 14.1. The highest BCUT2D eigenvalue weighted by Gasteiger charge is 2.11. The molecule has 1 aromatic heterocycles. The first-order valence-corrected chi connectivity index (χ1v) is 7.27. The molecule has 112 valence electrons. The fraction of sp³-hybridized carbons (Fsp3) is 0.176. The maximum absolute atomic E-state index is 12.2. The number of nitrogens with one attached hydrogen (secondary N) is 2. The number of anilines is 2. The van der Waals surface area contributed by atoms with Gasteiger partial charge in [-0.25, -0.2) is 9.78 Å². The van der Waals surface area contributed by atoms with Crippen molar-refractivity contribution in [2.75, 3.05) is 10.6 Å². The van der Waals surface area contributed by atoms with Crippen molar-refractivity contribution in [3.8, 4) is 0 Å². The number of carbonyl (C=O) groups is 1. The van der Waals surface area contributed by atoms with Gasteiger partial charge in [-0.15, -0.1) is 0 Å². The van der Waals surface area contributed by atoms with Gasteiger partial charge in [-0.3, -0.25) is 5.32 Å². The van der Waals surface area contributed by atoms with Crippen LogP contribution in [-0.2, 0) is 6.54 Å². The molecular weight excluding hydrogens is 276 g/mol. The highest BCUT2D eigenvalue weighted by Crippen LogP contribution is 2.19. The van der Waals surface area contributed by atoms with Crippen LogP contribution in [0.15, 0.2) is 48.5 Å². The Morgan fingerprint density at radius 1 is 1.14 bits per heavy atom. The van der Waals surface area contributed by atoms with E-state index in [4.69, 9.17) is 0 Å². The summed E-state index contributed by atoms with van der Waals surface area (Å²) >= 11 is 0. The van der Waals surface area contributed by atoms with Crippen LogP contribution in [-0.4, -0.2) is 15.6 Å². The van der Waals surface area contributed by atoms with E-state index >= 15 is 0 Å². The molecular formula is C17H18N4O. The molecule has 0 aliphatic carbocycles. The molecule has 0 unspecified atom stereocenters. The molecule has 2 amide bonds. The van der Waals surface area contributed by atoms with E-state index in [1.165, 1.54) is 0 Å². The summed E-state index contributed by atoms with van der Waals surface area (Å²) in [5.74, 6) is 0.550. The molecule has 5 nitrogen and oxygen atoms in total. The molecule has 0 aliphatic heterocycles. The number of rotatable bonds is 3. The molecule has 3 rings (SSSR count). The lowest BCUT2D eigenvalue weighted by atomic mass is 10.2. The van der Waals surface area contributed by atoms with Gasteiger partial charge in [0, 0.05) is 12.2 Å². The average molecular weight is 294 g/mol. The maximum atomic E-state index is 12.2. The van der Waals surface area contributed by atoms with Gasteiger partial charge in [0.1, 0.15) is 0 Å². The normalized spacial score (nSPS) is 10.6. The number of imidazole rings is 1. The summed E-state index contributed by atoms with van der Waals surface area (Å²) < 4.78 is 1.98. The van der Waals surface area contributed by atoms with Crippen LogP contribution in [0.1, 0.15) is 12.5 Å². The number of hydrogen-bond acceptors (Lipinski definition) is 2. The largest absolute Gasteiger partial charge is 0.326 e. The third-order valence-electron chi connectivity index (χ3n) is 3.47. The predicted octanol–water partition coefficient (Wildman–Crippen LogP) is 4.01. The van der Waals surface area contributed by atoms with Crippen LogP contribution >= 0.6 is 0 Å². The molecule has 0 saturated heterocycles. The molecule has 3 aromatic rings. The van der Waals surface area contributed by atoms with E-state index < -0.39 is 0 Å². The maximum Gasteiger partial charge on any atom is 0.326 e. The minimum absolute atomic E-state index is 0.296. The van der Waals surface area contributed by atoms with E-state index in [1.807, 2.05) is 66.9 Å². The van der Waals surface area contributed by atoms with E-state index in [9.17, 15) is 4.79 Å². The van der Waals surface area contributed by atoms with E-state index in [0.29, 0.717) is 5.95 Å². The molecule has 0 bridgehead atoms. The van der Waals surface area contributed by atoms with Crippen LogP contribution in [0.25, 0.3) is 11.0 Å². The molecule has 0 aliphatic rings. The van der Waals surface area contributed by atoms with Gasteiger partial charge >= 0.3 is 6.03 Å². The first-order valence-electron chi connectivity index (χ1n) is 7.27. The van der Waals surface area contributed by atoms with Crippen LogP contribution in [0, 0.1) is 6.92 Å². The molecule has 2 aromatic carbocycles. The molecule has 0 atom stereocenters. The Bertz CT molecular complexity index is 822. The Hall–Kier alpha value is -2.82. The molecule has 0 spiro atoms. The van der Waals surface area contributed by atoms with Gasteiger partial charge in [-0.1, -0.05) is 24.3 Å². The second-order valence-corrected chi connectivity index (χ2v) is 5.12. The molecule has 1 heterocycles. The number of aromatic nitrogens is 2. The molecule has 0 saturated carbocycles. The van der Waals surface area contributed by atoms with E-state index in [-0.39, 0.29) is 6.03 Å². The number of fused-ring (bicyclic) bond motifs is 1. The summed E-state index contributed by atoms with van der Waals surface area (Å²) in [7, 11) is 0. The molecule has 2 N–H and O–H groups in total. The van der Waals surface area contributed by atoms with Crippen molar-refractivity contribution in [3.05, 3.63) is 54.1 Å². The number of hydrogen-bond donors (Lipinski definition) is 2. The molecule has 5 heteroatoms. The minimum Gasteiger partial charge on any atom is -0.310 e. The first-order chi connectivity index (χ1) is 10.7. The summed E-state index contributed by atoms with van der Waals surface area (Å²) in [6, 6.07) is 15.2. The van der Waals surface area contributed by atoms with Gasteiger partial charge in [0.05, 0.1) is 11.0 Å². The number of amides is 2. The summed E-state index contributed by atoms with van der Waals surface area (Å²) in [6.07, 6.45) is 0. The van der Waals surface area contributed by atoms with Gasteiger partial charge in [0.2, 0.25) is 5.95 Å². The zero-order valence-corrected chi connectivity index (χ0v) is 12.6. The van der Waals surface area contributed by atoms with Gasteiger partial charge in [0.25, 0.3) is 0 Å². The minimum atomic E-state index is -0.296. The van der Waals surface area contributed by atoms with Gasteiger partial charge in [-0.05, 0) is 43.7 Å². The number of aryl methyl sites for hydroxylation is 2. The van der Waals surface area contributed by atoms with E-state index in [0.717, 1.165) is 28.8 Å². The number of carbonyl (C=O) groups excluding carboxylic acids is 1. The van der Waals surface area contributed by atoms with Crippen molar-refractivity contribution >= 4 is 28.7 Å². The van der Waals surface area contributed by atoms with E-state index in [1.54, 1.807) is 0 Å². The van der Waals surface area contributed by atoms with Crippen molar-refractivity contribution in [2.24, 2.45) is 0 Å². The van der Waals surface area contributed by atoms with Gasteiger partial charge in [0.15, 0.2) is 0 Å². The quantitative estimate of drug-likeness (QED) is 0.766. The Morgan fingerprint density at radius 3 is 2.73 bits per heavy atom. The number of para-hydroxylation sites is 2. The van der Waals surface area contributed by atoms with Gasteiger partial charge in [-0.2, -0.15) is 0 Å². The molecule has 22 heavy (non-hydrogen) atoms. The Kier molecular flexibility index (Phi) is 3.78. The fourth-order valence-corrected chi connectivity index (χ4v) is 2.48. The van der Waals surface area contributed by atoms with Crippen molar-refractivity contribution < 1.29 is 4.79 Å². The highest BCUT2D eigenvalue weighted by molar-refractivity contribution is 5.99. The van der Waals surface area contributed by atoms with Crippen molar-refractivity contribution in [1.82, 2.24) is 9.55 Å². The van der Waals surface area contributed by atoms with Crippen LogP contribution in [0.2, 0.25) is 0 Å². The Labute approximate surface area is 129 Å². The zero-order valence-electron chi connectivity index (χ0n) is 12.6. The Balaban J connectivity index is 1.82. The summed E-state index contributed by atoms with van der Waals surface area (Å²) in [4.78, 5) is 16.6. The molecule has 0 radical (unpaired) electrons. The van der Waals surface area contributed by atoms with Crippen LogP contribution in [0.3, 0.4) is 0 Å². The predicted molar refractivity (Wildman–Crippen MR) is 89.2 cm³/mol. The molecule has 0 fully saturated rings. The smallest absolute Gasteiger partial charge is 0.310 e. The zero-order chi connectivity index (χ0) is 15.5. The second kappa shape index (κ2) is 5.89. The monoisotopic (exact) mass is 294 g/mol.